The van der Waals surface area contributed by atoms with Gasteiger partial charge in [0.1, 0.15) is 13.5 Å². The van der Waals surface area contributed by atoms with E-state index >= 15 is 0 Å². The minimum Gasteiger partial charge on any atom is -0.364 e. The summed E-state index contributed by atoms with van der Waals surface area (Å²) >= 11 is 1.70. The summed E-state index contributed by atoms with van der Waals surface area (Å²) < 4.78 is 16.5. The third-order valence-corrected chi connectivity index (χ3v) is 6.93. The highest BCUT2D eigenvalue weighted by Gasteiger charge is 2.61. The van der Waals surface area contributed by atoms with Crippen molar-refractivity contribution in [3.8, 4) is 0 Å². The van der Waals surface area contributed by atoms with Crippen molar-refractivity contribution in [3.05, 3.63) is 29.1 Å². The molecule has 3 rings (SSSR count). The van der Waals surface area contributed by atoms with E-state index in [0.717, 1.165) is 23.8 Å². The number of amides is 1. The molecule has 1 saturated heterocycles. The molecule has 6 nitrogen and oxygen atoms in total. The smallest absolute Gasteiger partial charge is 0.259 e. The number of thioether (sulfide) groups is 1. The highest BCUT2D eigenvalue weighted by atomic mass is 32.2. The van der Waals surface area contributed by atoms with Gasteiger partial charge in [-0.15, -0.1) is 0 Å². The van der Waals surface area contributed by atoms with Gasteiger partial charge >= 0.3 is 0 Å². The zero-order valence-electron chi connectivity index (χ0n) is 18.8. The molecule has 2 aliphatic rings. The standard InChI is InChI=1S/C23H36N2O4S/c1-17-13-24-20(11-19(17)8-6-5-7-18-9-10-18)12-23(29-16-28-3)21(14-30-4)25(15-27-2)22(23)26/h11,13,18,21H,5-10,12,14-16H2,1-4H3/t21-,23+/m0/s1. The van der Waals surface area contributed by atoms with E-state index in [9.17, 15) is 4.79 Å². The van der Waals surface area contributed by atoms with Crippen molar-refractivity contribution in [2.45, 2.75) is 63.5 Å². The summed E-state index contributed by atoms with van der Waals surface area (Å²) in [6.45, 7) is 2.47. The molecule has 168 valence electrons. The predicted octanol–water partition coefficient (Wildman–Crippen LogP) is 3.59. The van der Waals surface area contributed by atoms with Crippen LogP contribution in [0.25, 0.3) is 0 Å². The Hall–Kier alpha value is -1.15. The van der Waals surface area contributed by atoms with Crippen LogP contribution in [-0.2, 0) is 31.8 Å². The summed E-state index contributed by atoms with van der Waals surface area (Å²) in [5.74, 6) is 1.72. The number of carbonyl (C=O) groups excluding carboxylic acids is 1. The zero-order valence-corrected chi connectivity index (χ0v) is 19.6. The van der Waals surface area contributed by atoms with Gasteiger partial charge in [-0.1, -0.05) is 25.7 Å². The van der Waals surface area contributed by atoms with Gasteiger partial charge in [-0.2, -0.15) is 11.8 Å². The summed E-state index contributed by atoms with van der Waals surface area (Å²) in [7, 11) is 3.19. The maximum atomic E-state index is 13.1. The molecule has 0 spiro atoms. The Morgan fingerprint density at radius 2 is 2.07 bits per heavy atom. The topological polar surface area (TPSA) is 60.9 Å². The van der Waals surface area contributed by atoms with Crippen LogP contribution in [0.15, 0.2) is 12.3 Å². The van der Waals surface area contributed by atoms with Gasteiger partial charge in [0, 0.05) is 38.3 Å². The minimum atomic E-state index is -0.941. The fourth-order valence-electron chi connectivity index (χ4n) is 4.35. The van der Waals surface area contributed by atoms with E-state index in [1.54, 1.807) is 30.9 Å². The number of hydrogen-bond acceptors (Lipinski definition) is 6. The van der Waals surface area contributed by atoms with Crippen molar-refractivity contribution < 1.29 is 19.0 Å². The average molecular weight is 437 g/mol. The molecule has 30 heavy (non-hydrogen) atoms. The largest absolute Gasteiger partial charge is 0.364 e. The molecule has 2 atom stereocenters. The van der Waals surface area contributed by atoms with Crippen LogP contribution in [0.3, 0.4) is 0 Å². The van der Waals surface area contributed by atoms with Crippen LogP contribution in [0.4, 0.5) is 0 Å². The first-order chi connectivity index (χ1) is 14.6. The molecule has 7 heteroatoms. The average Bonchev–Trinajstić information content (AvgIpc) is 3.57. The number of unbranched alkanes of at least 4 members (excludes halogenated alkanes) is 1. The highest BCUT2D eigenvalue weighted by molar-refractivity contribution is 7.98. The molecular formula is C23H36N2O4S. The van der Waals surface area contributed by atoms with E-state index in [1.807, 2.05) is 12.5 Å². The number of β-lactam (4-membered cyclic amide) rings is 1. The number of nitrogens with zero attached hydrogens (tertiary/aromatic N) is 2. The Kier molecular flexibility index (Phi) is 8.57. The molecule has 1 aromatic rings. The molecule has 1 amide bonds. The van der Waals surface area contributed by atoms with Crippen LogP contribution < -0.4 is 0 Å². The van der Waals surface area contributed by atoms with Crippen LogP contribution in [0, 0.1) is 12.8 Å². The summed E-state index contributed by atoms with van der Waals surface area (Å²) in [5.41, 5.74) is 2.52. The van der Waals surface area contributed by atoms with E-state index in [0.29, 0.717) is 6.42 Å². The van der Waals surface area contributed by atoms with E-state index in [4.69, 9.17) is 14.2 Å². The molecule has 0 unspecified atom stereocenters. The molecule has 0 N–H and O–H groups in total. The van der Waals surface area contributed by atoms with Gasteiger partial charge in [-0.05, 0) is 49.1 Å². The summed E-state index contributed by atoms with van der Waals surface area (Å²) in [4.78, 5) is 19.5. The van der Waals surface area contributed by atoms with E-state index in [1.165, 1.54) is 43.2 Å². The second kappa shape index (κ2) is 10.9. The molecule has 1 aliphatic heterocycles. The lowest BCUT2D eigenvalue weighted by atomic mass is 9.79. The van der Waals surface area contributed by atoms with Crippen molar-refractivity contribution in [1.29, 1.82) is 0 Å². The number of rotatable bonds is 14. The lowest BCUT2D eigenvalue weighted by molar-refractivity contribution is -0.229. The number of aryl methyl sites for hydroxylation is 2. The van der Waals surface area contributed by atoms with Crippen molar-refractivity contribution in [2.75, 3.05) is 39.8 Å². The van der Waals surface area contributed by atoms with Crippen molar-refractivity contribution in [2.24, 2.45) is 5.92 Å². The number of pyridine rings is 1. The van der Waals surface area contributed by atoms with Crippen LogP contribution in [0.1, 0.15) is 48.9 Å². The highest BCUT2D eigenvalue weighted by Crippen LogP contribution is 2.39. The van der Waals surface area contributed by atoms with Crippen LogP contribution in [-0.4, -0.2) is 67.2 Å². The molecule has 2 fully saturated rings. The van der Waals surface area contributed by atoms with Gasteiger partial charge in [0.15, 0.2) is 5.60 Å². The monoisotopic (exact) mass is 436 g/mol. The predicted molar refractivity (Wildman–Crippen MR) is 120 cm³/mol. The first-order valence-corrected chi connectivity index (χ1v) is 12.3. The number of hydrogen-bond donors (Lipinski definition) is 0. The Morgan fingerprint density at radius 3 is 2.73 bits per heavy atom. The molecular weight excluding hydrogens is 400 g/mol. The van der Waals surface area contributed by atoms with Gasteiger partial charge in [0.25, 0.3) is 5.91 Å². The summed E-state index contributed by atoms with van der Waals surface area (Å²) in [5, 5.41) is 0. The maximum absolute atomic E-state index is 13.1. The lowest BCUT2D eigenvalue weighted by Gasteiger charge is -2.54. The van der Waals surface area contributed by atoms with Gasteiger partial charge in [0.2, 0.25) is 0 Å². The Morgan fingerprint density at radius 1 is 1.27 bits per heavy atom. The number of ether oxygens (including phenoxy) is 3. The molecule has 0 aromatic carbocycles. The minimum absolute atomic E-state index is 0.0474. The molecule has 2 heterocycles. The van der Waals surface area contributed by atoms with Crippen LogP contribution in [0.2, 0.25) is 0 Å². The second-order valence-electron chi connectivity index (χ2n) is 8.57. The first kappa shape index (κ1) is 23.5. The van der Waals surface area contributed by atoms with Gasteiger partial charge < -0.3 is 19.1 Å². The second-order valence-corrected chi connectivity index (χ2v) is 9.48. The van der Waals surface area contributed by atoms with Gasteiger partial charge in [-0.3, -0.25) is 9.78 Å². The Balaban J connectivity index is 1.73. The van der Waals surface area contributed by atoms with Crippen LogP contribution in [0.5, 0.6) is 0 Å². The fourth-order valence-corrected chi connectivity index (χ4v) is 5.12. The van der Waals surface area contributed by atoms with Crippen molar-refractivity contribution in [3.63, 3.8) is 0 Å². The fraction of sp³-hybridized carbons (Fsp3) is 0.739. The lowest BCUT2D eigenvalue weighted by Crippen LogP contribution is -2.77. The SMILES string of the molecule is COCO[C@@]1(Cc2cc(CCCCC3CC3)c(C)cn2)C(=O)N(COC)[C@H]1CSC. The van der Waals surface area contributed by atoms with Crippen LogP contribution >= 0.6 is 11.8 Å². The quantitative estimate of drug-likeness (QED) is 0.252. The van der Waals surface area contributed by atoms with Gasteiger partial charge in [-0.25, -0.2) is 0 Å². The first-order valence-electron chi connectivity index (χ1n) is 10.9. The molecule has 1 aliphatic carbocycles. The number of aromatic nitrogens is 1. The zero-order chi connectivity index (χ0) is 21.6. The van der Waals surface area contributed by atoms with Crippen molar-refractivity contribution in [1.82, 2.24) is 9.88 Å². The summed E-state index contributed by atoms with van der Waals surface area (Å²) in [6.07, 6.45) is 12.2. The number of likely N-dealkylation sites (tertiary alicyclic amines) is 1. The number of methoxy groups -OCH3 is 2. The maximum Gasteiger partial charge on any atom is 0.259 e. The van der Waals surface area contributed by atoms with Gasteiger partial charge in [0.05, 0.1) is 6.04 Å². The third kappa shape index (κ3) is 5.36. The van der Waals surface area contributed by atoms with E-state index in [2.05, 4.69) is 18.0 Å². The normalized spacial score (nSPS) is 23.7. The molecule has 0 bridgehead atoms. The third-order valence-electron chi connectivity index (χ3n) is 6.28. The van der Waals surface area contributed by atoms with E-state index < -0.39 is 5.60 Å². The number of carbonyl (C=O) groups is 1. The summed E-state index contributed by atoms with van der Waals surface area (Å²) in [6, 6.07) is 2.10. The molecule has 1 aromatic heterocycles. The Bertz CT molecular complexity index is 712. The molecule has 0 radical (unpaired) electrons. The Labute approximate surface area is 185 Å². The molecule has 1 saturated carbocycles. The van der Waals surface area contributed by atoms with Crippen molar-refractivity contribution >= 4 is 17.7 Å². The van der Waals surface area contributed by atoms with E-state index in [-0.39, 0.29) is 25.5 Å².